The Morgan fingerprint density at radius 2 is 2.00 bits per heavy atom. The zero-order chi connectivity index (χ0) is 29.9. The molecule has 1 aromatic carbocycles. The van der Waals surface area contributed by atoms with Crippen LogP contribution in [0.15, 0.2) is 36.7 Å². The molecule has 6 atom stereocenters. The molecule has 3 aromatic rings. The van der Waals surface area contributed by atoms with Crippen molar-refractivity contribution in [3.8, 4) is 5.75 Å². The van der Waals surface area contributed by atoms with Gasteiger partial charge in [-0.1, -0.05) is 18.2 Å². The Hall–Kier alpha value is -3.43. The number of aromatic nitrogens is 4. The number of benzene rings is 1. The summed E-state index contributed by atoms with van der Waals surface area (Å²) in [4.78, 5) is 24.6. The standard InChI is InChI=1S/C24H32F2N7O7P/c1-13(2)38-21(35)14(3)32-41(36,40-15-8-6-5-7-9-15)37-10-16-18(34)24(26,11-25)22(39-16)33-12-29-17-19(28-4)30-23(27)31-20(17)33/h5-9,12-14,16,18,22,34H,10-11H2,1-4H3,(H,32,36)(H3,27,28,30,31)/t14-,16?,18?,22?,24+,41-/m0/s1. The number of hydrogen-bond donors (Lipinski definition) is 4. The second kappa shape index (κ2) is 12.2. The van der Waals surface area contributed by atoms with E-state index in [4.69, 9.17) is 24.3 Å². The second-order valence-corrected chi connectivity index (χ2v) is 11.3. The van der Waals surface area contributed by atoms with Crippen LogP contribution >= 0.6 is 7.75 Å². The van der Waals surface area contributed by atoms with E-state index in [0.29, 0.717) is 0 Å². The minimum absolute atomic E-state index is 0.0216. The van der Waals surface area contributed by atoms with Gasteiger partial charge in [0.1, 0.15) is 30.7 Å². The van der Waals surface area contributed by atoms with E-state index in [1.807, 2.05) is 0 Å². The van der Waals surface area contributed by atoms with Gasteiger partial charge in [-0.3, -0.25) is 13.9 Å². The first-order valence-electron chi connectivity index (χ1n) is 12.6. The van der Waals surface area contributed by atoms with E-state index in [1.54, 1.807) is 39.1 Å². The number of para-hydroxylation sites is 1. The highest BCUT2D eigenvalue weighted by atomic mass is 31.2. The molecule has 1 aliphatic heterocycles. The van der Waals surface area contributed by atoms with Crippen molar-refractivity contribution in [1.29, 1.82) is 0 Å². The number of anilines is 2. The van der Waals surface area contributed by atoms with E-state index < -0.39 is 63.2 Å². The number of nitrogens with zero attached hydrogens (tertiary/aromatic N) is 4. The van der Waals surface area contributed by atoms with Crippen LogP contribution in [-0.2, 0) is 23.4 Å². The second-order valence-electron chi connectivity index (χ2n) is 9.57. The number of aliphatic hydroxyl groups excluding tert-OH is 1. The van der Waals surface area contributed by atoms with Gasteiger partial charge in [-0.05, 0) is 32.9 Å². The third-order valence-corrected chi connectivity index (χ3v) is 7.77. The molecule has 0 amide bonds. The fraction of sp³-hybridized carbons (Fsp3) is 0.500. The molecular formula is C24H32F2N7O7P. The number of fused-ring (bicyclic) bond motifs is 1. The smallest absolute Gasteiger partial charge is 0.459 e. The number of carbonyl (C=O) groups is 1. The highest BCUT2D eigenvalue weighted by Gasteiger charge is 2.59. The molecule has 0 radical (unpaired) electrons. The minimum Gasteiger partial charge on any atom is -0.462 e. The molecule has 1 fully saturated rings. The van der Waals surface area contributed by atoms with Crippen LogP contribution in [0.3, 0.4) is 0 Å². The Balaban J connectivity index is 1.59. The van der Waals surface area contributed by atoms with Crippen molar-refractivity contribution in [2.45, 2.75) is 57.0 Å². The number of aliphatic hydroxyl groups is 1. The Morgan fingerprint density at radius 1 is 1.29 bits per heavy atom. The molecule has 4 rings (SSSR count). The van der Waals surface area contributed by atoms with Crippen molar-refractivity contribution >= 4 is 36.6 Å². The maximum Gasteiger partial charge on any atom is 0.459 e. The van der Waals surface area contributed by atoms with Crippen LogP contribution in [-0.4, -0.2) is 80.9 Å². The van der Waals surface area contributed by atoms with E-state index in [-0.39, 0.29) is 28.7 Å². The largest absolute Gasteiger partial charge is 0.462 e. The van der Waals surface area contributed by atoms with Gasteiger partial charge in [-0.2, -0.15) is 15.1 Å². The lowest BCUT2D eigenvalue weighted by atomic mass is 9.97. The first kappa shape index (κ1) is 30.5. The molecule has 14 nitrogen and oxygen atoms in total. The number of alkyl halides is 2. The lowest BCUT2D eigenvalue weighted by molar-refractivity contribution is -0.149. The van der Waals surface area contributed by atoms with Crippen LogP contribution < -0.4 is 20.7 Å². The molecule has 1 saturated heterocycles. The van der Waals surface area contributed by atoms with Gasteiger partial charge in [0.15, 0.2) is 23.2 Å². The molecular weight excluding hydrogens is 567 g/mol. The zero-order valence-electron chi connectivity index (χ0n) is 22.7. The number of nitrogens with two attached hydrogens (primary N) is 1. The number of hydrogen-bond acceptors (Lipinski definition) is 12. The number of rotatable bonds is 12. The van der Waals surface area contributed by atoms with Crippen LogP contribution in [0.5, 0.6) is 5.75 Å². The predicted octanol–water partition coefficient (Wildman–Crippen LogP) is 2.52. The third-order valence-electron chi connectivity index (χ3n) is 6.13. The number of imidazole rings is 1. The fourth-order valence-corrected chi connectivity index (χ4v) is 5.67. The molecule has 0 spiro atoms. The number of halogens is 2. The molecule has 0 saturated carbocycles. The third kappa shape index (κ3) is 6.41. The molecule has 224 valence electrons. The normalized spacial score (nSPS) is 24.7. The van der Waals surface area contributed by atoms with Gasteiger partial charge in [0, 0.05) is 7.05 Å². The quantitative estimate of drug-likeness (QED) is 0.176. The number of ether oxygens (including phenoxy) is 2. The van der Waals surface area contributed by atoms with Gasteiger partial charge in [-0.25, -0.2) is 18.3 Å². The summed E-state index contributed by atoms with van der Waals surface area (Å²) in [5, 5.41) is 16.1. The molecule has 3 heterocycles. The number of carbonyl (C=O) groups excluding carboxylic acids is 1. The summed E-state index contributed by atoms with van der Waals surface area (Å²) in [6, 6.07) is 6.79. The SMILES string of the molecule is CNc1nc(N)nc2c1ncn2C1OC(CO[P@@](=O)(N[C@@H](C)C(=O)OC(C)C)Oc2ccccc2)C(O)[C@]1(F)CF. The molecule has 2 aromatic heterocycles. The van der Waals surface area contributed by atoms with Crippen LogP contribution in [0.1, 0.15) is 27.0 Å². The number of esters is 1. The van der Waals surface area contributed by atoms with Crippen LogP contribution in [0.2, 0.25) is 0 Å². The molecule has 5 N–H and O–H groups in total. The zero-order valence-corrected chi connectivity index (χ0v) is 23.6. The topological polar surface area (TPSA) is 185 Å². The van der Waals surface area contributed by atoms with E-state index in [0.717, 1.165) is 10.9 Å². The molecule has 0 bridgehead atoms. The van der Waals surface area contributed by atoms with Gasteiger partial charge in [-0.15, -0.1) is 0 Å². The molecule has 3 unspecified atom stereocenters. The summed E-state index contributed by atoms with van der Waals surface area (Å²) in [5.41, 5.74) is 3.01. The fourth-order valence-electron chi connectivity index (χ4n) is 4.17. The highest BCUT2D eigenvalue weighted by Crippen LogP contribution is 2.48. The Bertz CT molecular complexity index is 1420. The first-order chi connectivity index (χ1) is 19.4. The van der Waals surface area contributed by atoms with Crippen LogP contribution in [0.4, 0.5) is 20.5 Å². The maximum absolute atomic E-state index is 16.0. The van der Waals surface area contributed by atoms with E-state index >= 15 is 4.39 Å². The van der Waals surface area contributed by atoms with Gasteiger partial charge < -0.3 is 30.2 Å². The van der Waals surface area contributed by atoms with Crippen LogP contribution in [0, 0.1) is 0 Å². The summed E-state index contributed by atoms with van der Waals surface area (Å²) in [7, 11) is -2.82. The van der Waals surface area contributed by atoms with Crippen molar-refractivity contribution in [2.24, 2.45) is 0 Å². The van der Waals surface area contributed by atoms with Crippen LogP contribution in [0.25, 0.3) is 11.2 Å². The van der Waals surface area contributed by atoms with E-state index in [9.17, 15) is 18.9 Å². The Labute approximate surface area is 234 Å². The summed E-state index contributed by atoms with van der Waals surface area (Å²) in [5.74, 6) is -0.525. The number of nitrogen functional groups attached to an aromatic ring is 1. The monoisotopic (exact) mass is 599 g/mol. The van der Waals surface area contributed by atoms with E-state index in [2.05, 4.69) is 25.4 Å². The molecule has 41 heavy (non-hydrogen) atoms. The van der Waals surface area contributed by atoms with Gasteiger partial charge in [0.2, 0.25) is 11.6 Å². The lowest BCUT2D eigenvalue weighted by Crippen LogP contribution is -2.45. The number of nitrogens with one attached hydrogen (secondary N) is 2. The average Bonchev–Trinajstić information content (AvgIpc) is 3.45. The van der Waals surface area contributed by atoms with Gasteiger partial charge in [0.05, 0.1) is 19.0 Å². The van der Waals surface area contributed by atoms with Crippen molar-refractivity contribution < 1.29 is 41.8 Å². The highest BCUT2D eigenvalue weighted by molar-refractivity contribution is 7.52. The van der Waals surface area contributed by atoms with Gasteiger partial charge in [0.25, 0.3) is 0 Å². The summed E-state index contributed by atoms with van der Waals surface area (Å²) >= 11 is 0. The minimum atomic E-state index is -4.38. The maximum atomic E-state index is 16.0. The summed E-state index contributed by atoms with van der Waals surface area (Å²) in [6.45, 7) is 2.31. The first-order valence-corrected chi connectivity index (χ1v) is 14.2. The molecule has 1 aliphatic rings. The Morgan fingerprint density at radius 3 is 2.63 bits per heavy atom. The molecule has 0 aliphatic carbocycles. The van der Waals surface area contributed by atoms with Gasteiger partial charge >= 0.3 is 13.7 Å². The summed E-state index contributed by atoms with van der Waals surface area (Å²) < 4.78 is 67.0. The molecule has 17 heteroatoms. The average molecular weight is 600 g/mol. The summed E-state index contributed by atoms with van der Waals surface area (Å²) in [6.07, 6.45) is -4.66. The van der Waals surface area contributed by atoms with Crippen molar-refractivity contribution in [2.75, 3.05) is 31.4 Å². The predicted molar refractivity (Wildman–Crippen MR) is 143 cm³/mol. The van der Waals surface area contributed by atoms with E-state index in [1.165, 1.54) is 19.1 Å². The van der Waals surface area contributed by atoms with Crippen molar-refractivity contribution in [3.05, 3.63) is 36.7 Å². The lowest BCUT2D eigenvalue weighted by Gasteiger charge is -2.26. The van der Waals surface area contributed by atoms with Crippen molar-refractivity contribution in [1.82, 2.24) is 24.6 Å². The van der Waals surface area contributed by atoms with Crippen molar-refractivity contribution in [3.63, 3.8) is 0 Å². The Kier molecular flexibility index (Phi) is 9.09.